The molecule has 0 bridgehead atoms. The predicted molar refractivity (Wildman–Crippen MR) is 192 cm³/mol. The number of H-pyrrole nitrogens is 1. The quantitative estimate of drug-likeness (QED) is 0.128. The topological polar surface area (TPSA) is 259 Å². The van der Waals surface area contributed by atoms with Crippen molar-refractivity contribution in [3.8, 4) is 17.8 Å². The normalized spacial score (nSPS) is 12.2. The van der Waals surface area contributed by atoms with E-state index in [2.05, 4.69) is 40.8 Å². The number of nitrogens with one attached hydrogen (secondary N) is 1. The molecule has 0 aliphatic rings. The molecular formula is C34H36F3N11O7S. The number of unbranched alkanes of at least 4 members (excludes halogenated alkanes) is 1. The van der Waals surface area contributed by atoms with Gasteiger partial charge >= 0.3 is 6.18 Å². The number of hydrogen-bond acceptors (Lipinski definition) is 15. The summed E-state index contributed by atoms with van der Waals surface area (Å²) in [5, 5.41) is 54.2. The molecule has 0 spiro atoms. The minimum absolute atomic E-state index is 0.0251. The maximum atomic E-state index is 13.1. The van der Waals surface area contributed by atoms with Crippen LogP contribution < -0.4 is 11.1 Å². The number of aryl methyl sites for hydroxylation is 1. The number of rotatable bonds is 9. The van der Waals surface area contributed by atoms with E-state index in [1.165, 1.54) is 26.1 Å². The molecular weight excluding hydrogens is 764 g/mol. The molecule has 1 aromatic carbocycles. The molecule has 5 rings (SSSR count). The van der Waals surface area contributed by atoms with Crippen molar-refractivity contribution in [2.45, 2.75) is 82.3 Å². The first-order valence-electron chi connectivity index (χ1n) is 16.5. The smallest absolute Gasteiger partial charge is 0.451 e. The fourth-order valence-corrected chi connectivity index (χ4v) is 6.02. The van der Waals surface area contributed by atoms with Crippen LogP contribution in [0, 0.1) is 25.2 Å². The lowest BCUT2D eigenvalue weighted by Gasteiger charge is -2.11. The number of nitriles is 1. The number of aromatic amines is 1. The molecule has 18 nitrogen and oxygen atoms in total. The van der Waals surface area contributed by atoms with Crippen molar-refractivity contribution in [2.24, 2.45) is 27.5 Å². The van der Waals surface area contributed by atoms with E-state index in [0.717, 1.165) is 20.8 Å². The van der Waals surface area contributed by atoms with Crippen molar-refractivity contribution in [1.82, 2.24) is 29.5 Å². The van der Waals surface area contributed by atoms with E-state index in [9.17, 15) is 41.4 Å². The molecule has 56 heavy (non-hydrogen) atoms. The predicted octanol–water partition coefficient (Wildman–Crippen LogP) is 7.02. The highest BCUT2D eigenvalue weighted by Gasteiger charge is 2.38. The second-order valence-electron chi connectivity index (χ2n) is 13.2. The standard InChI is InChI=1S/C19H20N4O5S.C15H16F3N7O2/c1-11-5-7-12(8-6-11)29(26,27)14-9-13(17(24)20-18(14)25)21-22-16-10-15(28-23-16)19(2,3)4;1-4-5-6-25-13(15(16,17)18)21-23-14(25)22-20-10-8(2)9(7-19)11(26)24(3)12(10)27/h5-10H,1-4H3,(H2,20,24,25);26H,4-6H2,1-3H3. The summed E-state index contributed by atoms with van der Waals surface area (Å²) >= 11 is 0. The van der Waals surface area contributed by atoms with Crippen molar-refractivity contribution >= 4 is 33.0 Å². The Balaban J connectivity index is 0.000000249. The van der Waals surface area contributed by atoms with Gasteiger partial charge in [0.15, 0.2) is 11.4 Å². The van der Waals surface area contributed by atoms with E-state index < -0.39 is 55.6 Å². The molecule has 3 N–H and O–H groups in total. The van der Waals surface area contributed by atoms with Gasteiger partial charge in [-0.3, -0.25) is 23.7 Å². The van der Waals surface area contributed by atoms with Crippen LogP contribution in [0.15, 0.2) is 80.8 Å². The van der Waals surface area contributed by atoms with Gasteiger partial charge in [-0.1, -0.05) is 57.0 Å². The molecule has 5 aromatic rings. The third kappa shape index (κ3) is 9.23. The SMILES string of the molecule is CCCCn1c(N=Nc2c(C)c(C#N)c(O)n(C)c2=O)nnc1C(F)(F)F.Cc1ccc(S(=O)(=O)c2cc(N=Nc3cc(C(C)(C)C)on3)c(=O)[nH]c2O)cc1. The zero-order chi connectivity index (χ0) is 41.7. The van der Waals surface area contributed by atoms with Gasteiger partial charge in [0.2, 0.25) is 33.2 Å². The van der Waals surface area contributed by atoms with Crippen LogP contribution in [0.3, 0.4) is 0 Å². The largest absolute Gasteiger partial charge is 0.494 e. The van der Waals surface area contributed by atoms with Gasteiger partial charge in [-0.15, -0.1) is 30.7 Å². The lowest BCUT2D eigenvalue weighted by molar-refractivity contribution is -0.147. The van der Waals surface area contributed by atoms with Crippen LogP contribution in [-0.2, 0) is 35.0 Å². The first kappa shape index (κ1) is 42.2. The molecule has 22 heteroatoms. The van der Waals surface area contributed by atoms with Crippen molar-refractivity contribution in [1.29, 1.82) is 5.26 Å². The third-order valence-corrected chi connectivity index (χ3v) is 9.72. The van der Waals surface area contributed by atoms with Gasteiger partial charge in [0.1, 0.15) is 22.3 Å². The highest BCUT2D eigenvalue weighted by molar-refractivity contribution is 7.91. The number of azo groups is 2. The van der Waals surface area contributed by atoms with Crippen LogP contribution in [0.5, 0.6) is 11.8 Å². The number of benzene rings is 1. The number of halogens is 3. The van der Waals surface area contributed by atoms with Crippen LogP contribution in [0.25, 0.3) is 0 Å². The highest BCUT2D eigenvalue weighted by atomic mass is 32.2. The van der Waals surface area contributed by atoms with Crippen LogP contribution in [0.4, 0.5) is 36.3 Å². The van der Waals surface area contributed by atoms with Crippen LogP contribution in [0.1, 0.15) is 68.8 Å². The molecule has 0 fully saturated rings. The first-order chi connectivity index (χ1) is 26.1. The molecule has 0 radical (unpaired) electrons. The summed E-state index contributed by atoms with van der Waals surface area (Å²) in [6.07, 6.45) is -3.65. The molecule has 0 amide bonds. The lowest BCUT2D eigenvalue weighted by Crippen LogP contribution is -2.18. The number of aromatic nitrogens is 6. The van der Waals surface area contributed by atoms with Gasteiger partial charge in [0, 0.05) is 30.6 Å². The lowest BCUT2D eigenvalue weighted by atomic mass is 9.93. The number of hydrogen-bond donors (Lipinski definition) is 3. The van der Waals surface area contributed by atoms with E-state index in [1.54, 1.807) is 24.3 Å². The van der Waals surface area contributed by atoms with Gasteiger partial charge in [-0.05, 0) is 38.5 Å². The minimum Gasteiger partial charge on any atom is -0.494 e. The molecule has 4 aromatic heterocycles. The summed E-state index contributed by atoms with van der Waals surface area (Å²) in [7, 11) is -2.86. The second-order valence-corrected chi connectivity index (χ2v) is 15.1. The molecule has 0 atom stereocenters. The highest BCUT2D eigenvalue weighted by Crippen LogP contribution is 2.33. The molecule has 0 saturated carbocycles. The maximum Gasteiger partial charge on any atom is 0.451 e. The van der Waals surface area contributed by atoms with Crippen molar-refractivity contribution < 1.29 is 36.3 Å². The molecule has 0 saturated heterocycles. The average Bonchev–Trinajstić information content (AvgIpc) is 3.78. The van der Waals surface area contributed by atoms with Gasteiger partial charge in [-0.25, -0.2) is 8.42 Å². The van der Waals surface area contributed by atoms with Crippen molar-refractivity contribution in [3.05, 3.63) is 85.4 Å². The van der Waals surface area contributed by atoms with Gasteiger partial charge in [0.05, 0.1) is 4.90 Å². The summed E-state index contributed by atoms with van der Waals surface area (Å²) in [6, 6.07) is 10.4. The zero-order valence-electron chi connectivity index (χ0n) is 31.0. The Morgan fingerprint density at radius 1 is 1.00 bits per heavy atom. The number of nitrogens with zero attached hydrogens (tertiary/aromatic N) is 10. The Bertz CT molecular complexity index is 2580. The number of aromatic hydroxyl groups is 2. The average molecular weight is 800 g/mol. The van der Waals surface area contributed by atoms with E-state index in [4.69, 9.17) is 9.78 Å². The Morgan fingerprint density at radius 3 is 2.23 bits per heavy atom. The monoisotopic (exact) mass is 799 g/mol. The van der Waals surface area contributed by atoms with Crippen LogP contribution >= 0.6 is 0 Å². The fraction of sp³-hybridized carbons (Fsp3) is 0.353. The molecule has 4 heterocycles. The zero-order valence-corrected chi connectivity index (χ0v) is 31.9. The number of sulfone groups is 1. The molecule has 296 valence electrons. The van der Waals surface area contributed by atoms with Gasteiger partial charge in [0.25, 0.3) is 17.1 Å². The number of alkyl halides is 3. The second kappa shape index (κ2) is 16.5. The summed E-state index contributed by atoms with van der Waals surface area (Å²) in [5.74, 6) is -2.23. The molecule has 0 aliphatic heterocycles. The van der Waals surface area contributed by atoms with Crippen LogP contribution in [-0.4, -0.2) is 48.1 Å². The Hall–Kier alpha value is -6.50. The summed E-state index contributed by atoms with van der Waals surface area (Å²) < 4.78 is 71.6. The Kier molecular flexibility index (Phi) is 12.4. The Morgan fingerprint density at radius 2 is 1.66 bits per heavy atom. The van der Waals surface area contributed by atoms with E-state index >= 15 is 0 Å². The van der Waals surface area contributed by atoms with Crippen LogP contribution in [0.2, 0.25) is 0 Å². The van der Waals surface area contributed by atoms with E-state index in [0.29, 0.717) is 18.6 Å². The van der Waals surface area contributed by atoms with Gasteiger partial charge in [-0.2, -0.15) is 18.4 Å². The van der Waals surface area contributed by atoms with E-state index in [-0.39, 0.29) is 45.2 Å². The Labute approximate surface area is 316 Å². The fourth-order valence-electron chi connectivity index (χ4n) is 4.70. The molecule has 0 unspecified atom stereocenters. The first-order valence-corrected chi connectivity index (χ1v) is 18.0. The summed E-state index contributed by atoms with van der Waals surface area (Å²) in [4.78, 5) is 25.9. The maximum absolute atomic E-state index is 13.1. The van der Waals surface area contributed by atoms with Gasteiger partial charge < -0.3 is 14.7 Å². The summed E-state index contributed by atoms with van der Waals surface area (Å²) in [6.45, 7) is 10.8. The summed E-state index contributed by atoms with van der Waals surface area (Å²) in [5.41, 5.74) is -1.68. The molecule has 0 aliphatic carbocycles. The van der Waals surface area contributed by atoms with E-state index in [1.807, 2.05) is 34.6 Å². The minimum atomic E-state index is -4.72. The third-order valence-electron chi connectivity index (χ3n) is 7.93. The van der Waals surface area contributed by atoms with Crippen molar-refractivity contribution in [2.75, 3.05) is 0 Å². The number of pyridine rings is 2. The van der Waals surface area contributed by atoms with Crippen molar-refractivity contribution in [3.63, 3.8) is 0 Å².